The maximum absolute atomic E-state index is 10.6. The Morgan fingerprint density at radius 1 is 1.40 bits per heavy atom. The maximum Gasteiger partial charge on any atom is 0.328 e. The quantitative estimate of drug-likeness (QED) is 0.811. The number of carboxylic acids is 1. The summed E-state index contributed by atoms with van der Waals surface area (Å²) in [5.74, 6) is -0.239. The van der Waals surface area contributed by atoms with Crippen molar-refractivity contribution in [1.82, 2.24) is 4.98 Å². The van der Waals surface area contributed by atoms with Gasteiger partial charge in [-0.05, 0) is 18.2 Å². The average Bonchev–Trinajstić information content (AvgIpc) is 2.88. The van der Waals surface area contributed by atoms with E-state index in [9.17, 15) is 4.79 Å². The summed E-state index contributed by atoms with van der Waals surface area (Å²) >= 11 is 0. The van der Waals surface area contributed by atoms with E-state index in [4.69, 9.17) is 14.6 Å². The standard InChI is InChI=1S/C14H18N2O4/c1-19-11-8-16(9-12(11)20-2)14-10(4-3-7-15-14)5-6-13(17)18/h3-7,11-12H,8-9H2,1-2H3,(H,17,18)/b6-5+. The molecule has 1 aliphatic rings. The highest BCUT2D eigenvalue weighted by molar-refractivity contribution is 5.86. The van der Waals surface area contributed by atoms with Crippen molar-refractivity contribution in [2.45, 2.75) is 12.2 Å². The smallest absolute Gasteiger partial charge is 0.328 e. The topological polar surface area (TPSA) is 71.9 Å². The molecule has 0 aromatic carbocycles. The zero-order valence-electron chi connectivity index (χ0n) is 11.5. The van der Waals surface area contributed by atoms with Crippen molar-refractivity contribution >= 4 is 17.9 Å². The summed E-state index contributed by atoms with van der Waals surface area (Å²) in [5.41, 5.74) is 0.765. The van der Waals surface area contributed by atoms with E-state index >= 15 is 0 Å². The lowest BCUT2D eigenvalue weighted by atomic mass is 10.2. The number of hydrogen-bond acceptors (Lipinski definition) is 5. The number of rotatable bonds is 5. The van der Waals surface area contributed by atoms with E-state index in [1.165, 1.54) is 0 Å². The van der Waals surface area contributed by atoms with Crippen molar-refractivity contribution < 1.29 is 19.4 Å². The second kappa shape index (κ2) is 6.49. The van der Waals surface area contributed by atoms with Crippen LogP contribution in [0.25, 0.3) is 6.08 Å². The van der Waals surface area contributed by atoms with Gasteiger partial charge in [-0.3, -0.25) is 0 Å². The first-order valence-electron chi connectivity index (χ1n) is 6.32. The Bertz CT molecular complexity index is 492. The zero-order chi connectivity index (χ0) is 14.5. The van der Waals surface area contributed by atoms with Crippen LogP contribution in [0.2, 0.25) is 0 Å². The van der Waals surface area contributed by atoms with Gasteiger partial charge in [0.05, 0.1) is 0 Å². The van der Waals surface area contributed by atoms with E-state index in [0.29, 0.717) is 13.1 Å². The van der Waals surface area contributed by atoms with Crippen LogP contribution >= 0.6 is 0 Å². The lowest BCUT2D eigenvalue weighted by Gasteiger charge is -2.18. The molecule has 6 nitrogen and oxygen atoms in total. The first kappa shape index (κ1) is 14.5. The van der Waals surface area contributed by atoms with Crippen LogP contribution in [0.4, 0.5) is 5.82 Å². The third-order valence-electron chi connectivity index (χ3n) is 3.34. The summed E-state index contributed by atoms with van der Waals surface area (Å²) in [6.45, 7) is 1.33. The molecule has 0 radical (unpaired) electrons. The number of aromatic nitrogens is 1. The molecule has 1 fully saturated rings. The third kappa shape index (κ3) is 3.15. The van der Waals surface area contributed by atoms with E-state index in [-0.39, 0.29) is 12.2 Å². The highest BCUT2D eigenvalue weighted by Gasteiger charge is 2.34. The second-order valence-electron chi connectivity index (χ2n) is 4.54. The van der Waals surface area contributed by atoms with Gasteiger partial charge in [-0.2, -0.15) is 0 Å². The summed E-state index contributed by atoms with van der Waals surface area (Å²) in [4.78, 5) is 17.0. The number of carboxylic acid groups (broad SMARTS) is 1. The molecule has 2 atom stereocenters. The van der Waals surface area contributed by atoms with Gasteiger partial charge in [-0.1, -0.05) is 0 Å². The maximum atomic E-state index is 10.6. The molecule has 0 aliphatic carbocycles. The van der Waals surface area contributed by atoms with Gasteiger partial charge in [0.25, 0.3) is 0 Å². The van der Waals surface area contributed by atoms with Crippen LogP contribution in [0.1, 0.15) is 5.56 Å². The molecule has 1 saturated heterocycles. The van der Waals surface area contributed by atoms with Gasteiger partial charge in [0.15, 0.2) is 0 Å². The van der Waals surface area contributed by atoms with Crippen LogP contribution < -0.4 is 4.90 Å². The first-order chi connectivity index (χ1) is 9.65. The van der Waals surface area contributed by atoms with Crippen LogP contribution in [0.3, 0.4) is 0 Å². The minimum Gasteiger partial charge on any atom is -0.478 e. The molecule has 20 heavy (non-hydrogen) atoms. The largest absolute Gasteiger partial charge is 0.478 e. The number of aliphatic carboxylic acids is 1. The van der Waals surface area contributed by atoms with Crippen molar-refractivity contribution in [1.29, 1.82) is 0 Å². The van der Waals surface area contributed by atoms with E-state index in [1.54, 1.807) is 32.6 Å². The summed E-state index contributed by atoms with van der Waals surface area (Å²) in [5, 5.41) is 8.73. The van der Waals surface area contributed by atoms with Gasteiger partial charge < -0.3 is 19.5 Å². The number of hydrogen-bond donors (Lipinski definition) is 1. The molecule has 0 saturated carbocycles. The molecule has 2 unspecified atom stereocenters. The number of nitrogens with zero attached hydrogens (tertiary/aromatic N) is 2. The number of anilines is 1. The van der Waals surface area contributed by atoms with E-state index < -0.39 is 5.97 Å². The zero-order valence-corrected chi connectivity index (χ0v) is 11.5. The number of carbonyl (C=O) groups is 1. The van der Waals surface area contributed by atoms with Crippen molar-refractivity contribution in [2.75, 3.05) is 32.2 Å². The van der Waals surface area contributed by atoms with E-state index in [2.05, 4.69) is 4.98 Å². The molecular formula is C14H18N2O4. The van der Waals surface area contributed by atoms with Crippen LogP contribution in [-0.2, 0) is 14.3 Å². The van der Waals surface area contributed by atoms with Gasteiger partial charge >= 0.3 is 5.97 Å². The van der Waals surface area contributed by atoms with Gasteiger partial charge in [0, 0.05) is 45.1 Å². The lowest BCUT2D eigenvalue weighted by molar-refractivity contribution is -0.131. The highest BCUT2D eigenvalue weighted by atomic mass is 16.5. The average molecular weight is 278 g/mol. The fourth-order valence-corrected chi connectivity index (χ4v) is 2.33. The fourth-order valence-electron chi connectivity index (χ4n) is 2.33. The predicted molar refractivity (Wildman–Crippen MR) is 74.7 cm³/mol. The molecule has 0 bridgehead atoms. The third-order valence-corrected chi connectivity index (χ3v) is 3.34. The molecule has 2 heterocycles. The van der Waals surface area contributed by atoms with Crippen LogP contribution in [-0.4, -0.2) is 55.6 Å². The molecule has 2 rings (SSSR count). The van der Waals surface area contributed by atoms with Crippen molar-refractivity contribution in [3.63, 3.8) is 0 Å². The Morgan fingerprint density at radius 2 is 2.05 bits per heavy atom. The van der Waals surface area contributed by atoms with Gasteiger partial charge in [-0.15, -0.1) is 0 Å². The summed E-state index contributed by atoms with van der Waals surface area (Å²) < 4.78 is 10.8. The van der Waals surface area contributed by atoms with Crippen molar-refractivity contribution in [3.8, 4) is 0 Å². The molecule has 1 aromatic rings. The normalized spacial score (nSPS) is 22.6. The summed E-state index contributed by atoms with van der Waals surface area (Å²) in [6, 6.07) is 3.62. The minimum atomic E-state index is -0.981. The van der Waals surface area contributed by atoms with Gasteiger partial charge in [-0.25, -0.2) is 9.78 Å². The molecule has 1 aromatic heterocycles. The van der Waals surface area contributed by atoms with E-state index in [1.807, 2.05) is 11.0 Å². The lowest BCUT2D eigenvalue weighted by Crippen LogP contribution is -2.27. The molecule has 6 heteroatoms. The van der Waals surface area contributed by atoms with Crippen molar-refractivity contribution in [2.24, 2.45) is 0 Å². The predicted octanol–water partition coefficient (Wildman–Crippen LogP) is 1.03. The Hall–Kier alpha value is -1.92. The number of pyridine rings is 1. The molecule has 108 valence electrons. The molecule has 1 aliphatic heterocycles. The van der Waals surface area contributed by atoms with E-state index in [0.717, 1.165) is 17.5 Å². The number of ether oxygens (including phenoxy) is 2. The Labute approximate surface area is 117 Å². The fraction of sp³-hybridized carbons (Fsp3) is 0.429. The molecule has 1 N–H and O–H groups in total. The Balaban J connectivity index is 2.23. The minimum absolute atomic E-state index is 0.0155. The second-order valence-corrected chi connectivity index (χ2v) is 4.54. The van der Waals surface area contributed by atoms with Crippen molar-refractivity contribution in [3.05, 3.63) is 30.0 Å². The van der Waals surface area contributed by atoms with Gasteiger partial charge in [0.2, 0.25) is 0 Å². The van der Waals surface area contributed by atoms with Crippen LogP contribution in [0, 0.1) is 0 Å². The summed E-state index contributed by atoms with van der Waals surface area (Å²) in [6.07, 6.45) is 4.32. The summed E-state index contributed by atoms with van der Waals surface area (Å²) in [7, 11) is 3.31. The Morgan fingerprint density at radius 3 is 2.60 bits per heavy atom. The first-order valence-corrected chi connectivity index (χ1v) is 6.32. The highest BCUT2D eigenvalue weighted by Crippen LogP contribution is 2.25. The number of methoxy groups -OCH3 is 2. The molecular weight excluding hydrogens is 260 g/mol. The van der Waals surface area contributed by atoms with Crippen LogP contribution in [0.15, 0.2) is 24.4 Å². The monoisotopic (exact) mass is 278 g/mol. The molecule has 0 amide bonds. The van der Waals surface area contributed by atoms with Crippen LogP contribution in [0.5, 0.6) is 0 Å². The van der Waals surface area contributed by atoms with Gasteiger partial charge in [0.1, 0.15) is 18.0 Å². The SMILES string of the molecule is COC1CN(c2ncccc2/C=C/C(=O)O)CC1OC. The Kier molecular flexibility index (Phi) is 4.70. The molecule has 0 spiro atoms.